The van der Waals surface area contributed by atoms with Crippen LogP contribution in [0, 0.1) is 0 Å². The maximum absolute atomic E-state index is 9.48. The van der Waals surface area contributed by atoms with E-state index >= 15 is 0 Å². The summed E-state index contributed by atoms with van der Waals surface area (Å²) < 4.78 is 17.3. The van der Waals surface area contributed by atoms with Crippen molar-refractivity contribution < 1.29 is 8.76 Å². The summed E-state index contributed by atoms with van der Waals surface area (Å²) in [5, 5.41) is 0. The van der Waals surface area contributed by atoms with Gasteiger partial charge in [0.1, 0.15) is 0 Å². The molecule has 0 saturated carbocycles. The molecule has 40 valence electrons. The van der Waals surface area contributed by atoms with E-state index in [-0.39, 0.29) is 7.43 Å². The Hall–Kier alpha value is 0.110. The molecule has 6 heavy (non-hydrogen) atoms. The van der Waals surface area contributed by atoms with Gasteiger partial charge in [-0.1, -0.05) is 14.4 Å². The molecule has 0 heterocycles. The Morgan fingerprint density at radius 3 is 2.00 bits per heavy atom. The molecule has 1 atom stereocenters. The lowest BCUT2D eigenvalue weighted by atomic mass is 11.0. The fourth-order valence-electron chi connectivity index (χ4n) is 0. The van der Waals surface area contributed by atoms with Gasteiger partial charge in [0, 0.05) is 5.75 Å². The number of hydrogen-bond acceptors (Lipinski definition) is 1. The Balaban J connectivity index is 0. The highest BCUT2D eigenvalue weighted by Crippen LogP contribution is 1.63. The molecular formula is C3H10O2S. The van der Waals surface area contributed by atoms with E-state index in [4.69, 9.17) is 4.55 Å². The smallest absolute Gasteiger partial charge is 0.152 e. The van der Waals surface area contributed by atoms with Crippen LogP contribution in [0.1, 0.15) is 14.4 Å². The SMILES string of the molecule is C.CCS(=O)O. The lowest BCUT2D eigenvalue weighted by Crippen LogP contribution is -1.85. The fraction of sp³-hybridized carbons (Fsp3) is 1.00. The first-order valence-corrected chi connectivity index (χ1v) is 2.62. The monoisotopic (exact) mass is 110 g/mol. The van der Waals surface area contributed by atoms with Crippen LogP contribution in [0.25, 0.3) is 0 Å². The fourth-order valence-corrected chi connectivity index (χ4v) is 0. The molecule has 0 aliphatic carbocycles. The summed E-state index contributed by atoms with van der Waals surface area (Å²) in [5.41, 5.74) is 0. The van der Waals surface area contributed by atoms with Crippen molar-refractivity contribution in [2.75, 3.05) is 5.75 Å². The summed E-state index contributed by atoms with van der Waals surface area (Å²) in [6.07, 6.45) is 0. The third kappa shape index (κ3) is 8.93. The highest BCUT2D eigenvalue weighted by molar-refractivity contribution is 7.79. The summed E-state index contributed by atoms with van der Waals surface area (Å²) in [5.74, 6) is 0.333. The Kier molecular flexibility index (Phi) is 8.04. The lowest BCUT2D eigenvalue weighted by molar-refractivity contribution is 0.566. The van der Waals surface area contributed by atoms with Gasteiger partial charge in [-0.05, 0) is 0 Å². The second-order valence-electron chi connectivity index (χ2n) is 0.610. The third-order valence-electron chi connectivity index (χ3n) is 0.247. The summed E-state index contributed by atoms with van der Waals surface area (Å²) in [4.78, 5) is 0. The molecule has 0 radical (unpaired) electrons. The largest absolute Gasteiger partial charge is 0.306 e. The molecule has 0 saturated heterocycles. The van der Waals surface area contributed by atoms with Crippen LogP contribution in [0.4, 0.5) is 0 Å². The topological polar surface area (TPSA) is 37.3 Å². The van der Waals surface area contributed by atoms with E-state index in [1.165, 1.54) is 0 Å². The maximum Gasteiger partial charge on any atom is 0.152 e. The van der Waals surface area contributed by atoms with E-state index < -0.39 is 11.1 Å². The van der Waals surface area contributed by atoms with Crippen LogP contribution >= 0.6 is 0 Å². The zero-order valence-electron chi connectivity index (χ0n) is 2.97. The second-order valence-corrected chi connectivity index (χ2v) is 1.83. The summed E-state index contributed by atoms with van der Waals surface area (Å²) in [7, 11) is 0. The standard InChI is InChI=1S/C2H6O2S.CH4/c1-2-5(3)4;/h2H2,1H3,(H,3,4);1H4. The average Bonchev–Trinajstić information content (AvgIpc) is 1.38. The van der Waals surface area contributed by atoms with Gasteiger partial charge in [-0.2, -0.15) is 0 Å². The van der Waals surface area contributed by atoms with E-state index in [1.54, 1.807) is 6.92 Å². The minimum absolute atomic E-state index is 0. The Labute approximate surface area is 40.9 Å². The van der Waals surface area contributed by atoms with Crippen molar-refractivity contribution in [2.24, 2.45) is 0 Å². The van der Waals surface area contributed by atoms with Crippen molar-refractivity contribution in [3.8, 4) is 0 Å². The zero-order valence-corrected chi connectivity index (χ0v) is 3.79. The van der Waals surface area contributed by atoms with Crippen LogP contribution in [0.5, 0.6) is 0 Å². The molecule has 0 rings (SSSR count). The zero-order chi connectivity index (χ0) is 4.28. The minimum Gasteiger partial charge on any atom is -0.306 e. The first-order valence-electron chi connectivity index (χ1n) is 1.35. The first-order chi connectivity index (χ1) is 2.27. The van der Waals surface area contributed by atoms with Gasteiger partial charge in [0.05, 0.1) is 0 Å². The summed E-state index contributed by atoms with van der Waals surface area (Å²) in [6.45, 7) is 1.65. The normalized spacial score (nSPS) is 12.3. The van der Waals surface area contributed by atoms with Crippen molar-refractivity contribution in [3.63, 3.8) is 0 Å². The van der Waals surface area contributed by atoms with E-state index in [1.807, 2.05) is 0 Å². The quantitative estimate of drug-likeness (QED) is 0.508. The highest BCUT2D eigenvalue weighted by atomic mass is 32.2. The van der Waals surface area contributed by atoms with E-state index in [0.717, 1.165) is 0 Å². The average molecular weight is 110 g/mol. The van der Waals surface area contributed by atoms with Gasteiger partial charge in [-0.25, -0.2) is 4.21 Å². The van der Waals surface area contributed by atoms with Gasteiger partial charge in [-0.3, -0.25) is 0 Å². The molecule has 1 N–H and O–H groups in total. The second kappa shape index (κ2) is 5.11. The molecule has 0 amide bonds. The van der Waals surface area contributed by atoms with Crippen LogP contribution in [0.3, 0.4) is 0 Å². The van der Waals surface area contributed by atoms with Crippen LogP contribution in [-0.2, 0) is 11.1 Å². The van der Waals surface area contributed by atoms with Crippen molar-refractivity contribution >= 4 is 11.1 Å². The number of rotatable bonds is 1. The molecule has 0 aromatic carbocycles. The van der Waals surface area contributed by atoms with Crippen LogP contribution in [0.15, 0.2) is 0 Å². The summed E-state index contributed by atoms with van der Waals surface area (Å²) in [6, 6.07) is 0. The Morgan fingerprint density at radius 1 is 1.83 bits per heavy atom. The maximum atomic E-state index is 9.48. The minimum atomic E-state index is -1.57. The van der Waals surface area contributed by atoms with Gasteiger partial charge < -0.3 is 4.55 Å². The van der Waals surface area contributed by atoms with Crippen LogP contribution in [0.2, 0.25) is 0 Å². The van der Waals surface area contributed by atoms with Gasteiger partial charge in [0.2, 0.25) is 0 Å². The predicted octanol–water partition coefficient (Wildman–Crippen LogP) is 0.864. The Morgan fingerprint density at radius 2 is 2.00 bits per heavy atom. The Bertz CT molecular complexity index is 44.1. The van der Waals surface area contributed by atoms with Gasteiger partial charge >= 0.3 is 0 Å². The van der Waals surface area contributed by atoms with Crippen molar-refractivity contribution in [1.29, 1.82) is 0 Å². The summed E-state index contributed by atoms with van der Waals surface area (Å²) >= 11 is -1.57. The molecule has 1 unspecified atom stereocenters. The molecule has 0 aromatic rings. The molecule has 2 nitrogen and oxygen atoms in total. The van der Waals surface area contributed by atoms with Crippen molar-refractivity contribution in [3.05, 3.63) is 0 Å². The number of hydrogen-bond donors (Lipinski definition) is 1. The molecular weight excluding hydrogens is 100 g/mol. The van der Waals surface area contributed by atoms with Crippen LogP contribution < -0.4 is 0 Å². The van der Waals surface area contributed by atoms with E-state index in [2.05, 4.69) is 0 Å². The predicted molar refractivity (Wildman–Crippen MR) is 28.0 cm³/mol. The first kappa shape index (κ1) is 9.44. The van der Waals surface area contributed by atoms with Crippen LogP contribution in [-0.4, -0.2) is 14.5 Å². The van der Waals surface area contributed by atoms with Crippen molar-refractivity contribution in [1.82, 2.24) is 0 Å². The molecule has 0 aliphatic heterocycles. The van der Waals surface area contributed by atoms with Gasteiger partial charge in [-0.15, -0.1) is 0 Å². The molecule has 0 bridgehead atoms. The molecule has 3 heteroatoms. The van der Waals surface area contributed by atoms with Gasteiger partial charge in [0.25, 0.3) is 0 Å². The van der Waals surface area contributed by atoms with E-state index in [0.29, 0.717) is 5.75 Å². The van der Waals surface area contributed by atoms with Crippen molar-refractivity contribution in [2.45, 2.75) is 14.4 Å². The molecule has 0 spiro atoms. The van der Waals surface area contributed by atoms with Gasteiger partial charge in [0.15, 0.2) is 11.1 Å². The molecule has 0 fully saturated rings. The molecule has 0 aromatic heterocycles. The lowest BCUT2D eigenvalue weighted by Gasteiger charge is -1.73. The molecule has 0 aliphatic rings. The third-order valence-corrected chi connectivity index (χ3v) is 0.741. The highest BCUT2D eigenvalue weighted by Gasteiger charge is 1.76. The van der Waals surface area contributed by atoms with E-state index in [9.17, 15) is 4.21 Å².